The number of hydrogen-bond acceptors (Lipinski definition) is 10. The Morgan fingerprint density at radius 2 is 1.97 bits per heavy atom. The second kappa shape index (κ2) is 12.1. The molecule has 4 N–H and O–H groups in total. The van der Waals surface area contributed by atoms with Crippen LogP contribution < -0.4 is 20.9 Å². The molecule has 200 valence electrons. The molecule has 0 bridgehead atoms. The van der Waals surface area contributed by atoms with Crippen molar-refractivity contribution in [1.29, 1.82) is 0 Å². The molecule has 1 aliphatic rings. The van der Waals surface area contributed by atoms with Crippen LogP contribution in [0.5, 0.6) is 5.75 Å². The molecule has 2 aromatic heterocycles. The molecule has 1 fully saturated rings. The molecule has 4 rings (SSSR count). The van der Waals surface area contributed by atoms with Crippen LogP contribution in [-0.4, -0.2) is 67.6 Å². The summed E-state index contributed by atoms with van der Waals surface area (Å²) in [4.78, 5) is 45.4. The molecule has 0 radical (unpaired) electrons. The highest BCUT2D eigenvalue weighted by Gasteiger charge is 2.26. The Kier molecular flexibility index (Phi) is 8.43. The number of ether oxygens (including phenoxy) is 1. The van der Waals surface area contributed by atoms with Gasteiger partial charge >= 0.3 is 5.97 Å². The number of amides is 2. The molecule has 0 aliphatic heterocycles. The summed E-state index contributed by atoms with van der Waals surface area (Å²) in [6, 6.07) is 6.80. The van der Waals surface area contributed by atoms with Crippen LogP contribution in [0, 0.1) is 0 Å². The maximum atomic E-state index is 12.7. The topological polar surface area (TPSA) is 182 Å². The fraction of sp³-hybridized carbons (Fsp3) is 0.375. The van der Waals surface area contributed by atoms with Crippen LogP contribution in [0.3, 0.4) is 0 Å². The van der Waals surface area contributed by atoms with E-state index < -0.39 is 17.8 Å². The van der Waals surface area contributed by atoms with Crippen molar-refractivity contribution in [2.24, 2.45) is 0 Å². The first kappa shape index (κ1) is 26.5. The van der Waals surface area contributed by atoms with E-state index in [1.807, 2.05) is 0 Å². The minimum absolute atomic E-state index is 0.0256. The van der Waals surface area contributed by atoms with Crippen molar-refractivity contribution in [2.45, 2.75) is 45.2 Å². The maximum Gasteiger partial charge on any atom is 0.303 e. The van der Waals surface area contributed by atoms with E-state index in [-0.39, 0.29) is 36.1 Å². The second-order valence-corrected chi connectivity index (χ2v) is 8.44. The van der Waals surface area contributed by atoms with Crippen molar-refractivity contribution in [3.63, 3.8) is 0 Å². The number of aryl methyl sites for hydroxylation is 1. The van der Waals surface area contributed by atoms with Crippen molar-refractivity contribution in [3.05, 3.63) is 42.0 Å². The number of carbonyl (C=O) groups is 3. The van der Waals surface area contributed by atoms with E-state index in [2.05, 4.69) is 36.4 Å². The van der Waals surface area contributed by atoms with Crippen LogP contribution >= 0.6 is 0 Å². The molecule has 0 spiro atoms. The zero-order chi connectivity index (χ0) is 27.1. The second-order valence-electron chi connectivity index (χ2n) is 8.44. The number of aromatic nitrogens is 5. The van der Waals surface area contributed by atoms with E-state index in [1.165, 1.54) is 19.5 Å². The summed E-state index contributed by atoms with van der Waals surface area (Å²) in [7, 11) is 1.48. The highest BCUT2D eigenvalue weighted by Crippen LogP contribution is 2.37. The van der Waals surface area contributed by atoms with E-state index in [4.69, 9.17) is 14.7 Å². The largest absolute Gasteiger partial charge is 0.494 e. The molecule has 14 heteroatoms. The summed E-state index contributed by atoms with van der Waals surface area (Å²) in [5.74, 6) is -1.16. The van der Waals surface area contributed by atoms with E-state index >= 15 is 0 Å². The van der Waals surface area contributed by atoms with Gasteiger partial charge in [0.05, 0.1) is 30.7 Å². The van der Waals surface area contributed by atoms with Crippen LogP contribution in [0.1, 0.15) is 53.6 Å². The maximum absolute atomic E-state index is 12.7. The number of benzene rings is 1. The van der Waals surface area contributed by atoms with Crippen molar-refractivity contribution in [3.8, 4) is 17.1 Å². The molecule has 38 heavy (non-hydrogen) atoms. The van der Waals surface area contributed by atoms with Gasteiger partial charge < -0.3 is 20.5 Å². The number of anilines is 2. The lowest BCUT2D eigenvalue weighted by atomic mass is 10.1. The van der Waals surface area contributed by atoms with Crippen molar-refractivity contribution in [2.75, 3.05) is 19.0 Å². The number of carboxylic acids is 1. The molecule has 0 atom stereocenters. The molecule has 14 nitrogen and oxygen atoms in total. The Hall–Kier alpha value is -4.59. The first-order chi connectivity index (χ1) is 18.4. The quantitative estimate of drug-likeness (QED) is 0.240. The first-order valence-electron chi connectivity index (χ1n) is 12.1. The molecule has 2 heterocycles. The van der Waals surface area contributed by atoms with Crippen LogP contribution in [0.25, 0.3) is 11.4 Å². The molecule has 0 saturated heterocycles. The summed E-state index contributed by atoms with van der Waals surface area (Å²) >= 11 is 0. The number of methoxy groups -OCH3 is 1. The summed E-state index contributed by atoms with van der Waals surface area (Å²) < 4.78 is 7.22. The zero-order valence-corrected chi connectivity index (χ0v) is 20.9. The zero-order valence-electron chi connectivity index (χ0n) is 20.9. The van der Waals surface area contributed by atoms with Crippen molar-refractivity contribution in [1.82, 2.24) is 35.8 Å². The number of hydroxylamine groups is 1. The summed E-state index contributed by atoms with van der Waals surface area (Å²) in [6.45, 7) is 2.36. The summed E-state index contributed by atoms with van der Waals surface area (Å²) in [6.07, 6.45) is 3.77. The fourth-order valence-electron chi connectivity index (χ4n) is 3.53. The van der Waals surface area contributed by atoms with Gasteiger partial charge in [-0.3, -0.25) is 23.9 Å². The molecule has 2 amide bonds. The molecular weight excluding hydrogens is 496 g/mol. The van der Waals surface area contributed by atoms with Crippen molar-refractivity contribution >= 4 is 29.2 Å². The number of hydrogen-bond donors (Lipinski definition) is 4. The number of rotatable bonds is 13. The number of nitrogens with zero attached hydrogens (tertiary/aromatic N) is 5. The summed E-state index contributed by atoms with van der Waals surface area (Å²) in [5, 5.41) is 27.2. The van der Waals surface area contributed by atoms with Crippen LogP contribution in [0.2, 0.25) is 0 Å². The highest BCUT2D eigenvalue weighted by molar-refractivity contribution is 6.00. The van der Waals surface area contributed by atoms with Gasteiger partial charge in [-0.15, -0.1) is 10.2 Å². The molecule has 0 unspecified atom stereocenters. The summed E-state index contributed by atoms with van der Waals surface area (Å²) in [5.41, 5.74) is 3.47. The average molecular weight is 525 g/mol. The third kappa shape index (κ3) is 6.59. The molecule has 1 saturated carbocycles. The minimum Gasteiger partial charge on any atom is -0.494 e. The lowest BCUT2D eigenvalue weighted by Crippen LogP contribution is -2.29. The van der Waals surface area contributed by atoms with E-state index in [9.17, 15) is 14.4 Å². The Balaban J connectivity index is 1.64. The van der Waals surface area contributed by atoms with Gasteiger partial charge in [-0.25, -0.2) is 10.5 Å². The molecular formula is C24H28N8O6. The predicted octanol–water partition coefficient (Wildman–Crippen LogP) is 1.93. The fourth-order valence-corrected chi connectivity index (χ4v) is 3.53. The minimum atomic E-state index is -0.876. The van der Waals surface area contributed by atoms with Gasteiger partial charge in [0.1, 0.15) is 6.33 Å². The van der Waals surface area contributed by atoms with Gasteiger partial charge in [-0.1, -0.05) is 6.07 Å². The Labute approximate surface area is 217 Å². The number of aliphatic carboxylic acids is 1. The lowest BCUT2D eigenvalue weighted by molar-refractivity contribution is -0.137. The smallest absolute Gasteiger partial charge is 0.303 e. The monoisotopic (exact) mass is 524 g/mol. The van der Waals surface area contributed by atoms with Crippen LogP contribution in [0.15, 0.2) is 30.6 Å². The van der Waals surface area contributed by atoms with E-state index in [0.717, 1.165) is 12.8 Å². The SMILES string of the molecule is CCONC(=O)c1nnc(C(=O)NC2CC2)cc1Nc1cccc(-c2ncn(CCCC(=O)O)n2)c1OC. The third-order valence-electron chi connectivity index (χ3n) is 5.51. The third-order valence-corrected chi connectivity index (χ3v) is 5.51. The van der Waals surface area contributed by atoms with Gasteiger partial charge in [-0.05, 0) is 44.4 Å². The Morgan fingerprint density at radius 3 is 2.68 bits per heavy atom. The van der Waals surface area contributed by atoms with Crippen LogP contribution in [-0.2, 0) is 16.2 Å². The normalized spacial score (nSPS) is 12.6. The molecule has 1 aliphatic carbocycles. The van der Waals surface area contributed by atoms with Crippen molar-refractivity contribution < 1.29 is 29.1 Å². The number of para-hydroxylation sites is 1. The lowest BCUT2D eigenvalue weighted by Gasteiger charge is -2.16. The number of carbonyl (C=O) groups excluding carboxylic acids is 2. The van der Waals surface area contributed by atoms with Gasteiger partial charge in [0.25, 0.3) is 11.8 Å². The highest BCUT2D eigenvalue weighted by atomic mass is 16.6. The molecule has 1 aromatic carbocycles. The molecule has 3 aromatic rings. The Morgan fingerprint density at radius 1 is 1.16 bits per heavy atom. The van der Waals surface area contributed by atoms with Gasteiger partial charge in [0.2, 0.25) is 0 Å². The number of carboxylic acid groups (broad SMARTS) is 1. The standard InChI is InChI=1S/C24H28N8O6/c1-3-38-31-24(36)20-17(12-18(28-29-20)23(35)26-14-9-10-14)27-16-7-4-6-15(21(16)37-2)22-25-13-32(30-22)11-5-8-19(33)34/h4,6-7,12-14H,3,5,8-11H2,1-2H3,(H,26,35)(H,27,28)(H,31,36)(H,33,34). The Bertz CT molecular complexity index is 1320. The average Bonchev–Trinajstić information content (AvgIpc) is 3.60. The van der Waals surface area contributed by atoms with Gasteiger partial charge in [0, 0.05) is 19.0 Å². The predicted molar refractivity (Wildman–Crippen MR) is 134 cm³/mol. The van der Waals surface area contributed by atoms with E-state index in [1.54, 1.807) is 29.8 Å². The van der Waals surface area contributed by atoms with Crippen LogP contribution in [0.4, 0.5) is 11.4 Å². The number of nitrogens with one attached hydrogen (secondary N) is 3. The van der Waals surface area contributed by atoms with Gasteiger partial charge in [-0.2, -0.15) is 5.10 Å². The first-order valence-corrected chi connectivity index (χ1v) is 12.1. The van der Waals surface area contributed by atoms with Gasteiger partial charge in [0.15, 0.2) is 23.0 Å². The van der Waals surface area contributed by atoms with E-state index in [0.29, 0.717) is 35.8 Å².